The van der Waals surface area contributed by atoms with Crippen LogP contribution in [0.4, 0.5) is 5.95 Å². The molecule has 1 atom stereocenters. The number of rotatable bonds is 8. The molecule has 7 nitrogen and oxygen atoms in total. The van der Waals surface area contributed by atoms with E-state index in [-0.39, 0.29) is 12.0 Å². The number of hydrogen-bond acceptors (Lipinski definition) is 6. The third-order valence-electron chi connectivity index (χ3n) is 6.59. The number of piperidine rings is 1. The maximum atomic E-state index is 12.8. The zero-order valence-corrected chi connectivity index (χ0v) is 20.3. The first kappa shape index (κ1) is 23.1. The summed E-state index contributed by atoms with van der Waals surface area (Å²) in [6, 6.07) is 8.21. The van der Waals surface area contributed by atoms with Crippen molar-refractivity contribution in [2.75, 3.05) is 37.4 Å². The van der Waals surface area contributed by atoms with Crippen LogP contribution < -0.4 is 4.90 Å². The van der Waals surface area contributed by atoms with Gasteiger partial charge in [0.15, 0.2) is 5.16 Å². The lowest BCUT2D eigenvalue weighted by Gasteiger charge is -2.31. The number of nitrogens with zero attached hydrogens (tertiary/aromatic N) is 5. The molecule has 4 rings (SSSR count). The summed E-state index contributed by atoms with van der Waals surface area (Å²) in [6.07, 6.45) is 4.73. The Morgan fingerprint density at radius 1 is 1.22 bits per heavy atom. The fourth-order valence-corrected chi connectivity index (χ4v) is 5.23. The fourth-order valence-electron chi connectivity index (χ4n) is 4.35. The summed E-state index contributed by atoms with van der Waals surface area (Å²) in [5.74, 6) is 2.13. The van der Waals surface area contributed by atoms with Crippen molar-refractivity contribution >= 4 is 23.6 Å². The molecule has 1 aromatic heterocycles. The summed E-state index contributed by atoms with van der Waals surface area (Å²) in [6.45, 7) is 8.61. The number of hydrogen-bond donors (Lipinski definition) is 0. The highest BCUT2D eigenvalue weighted by Crippen LogP contribution is 2.28. The van der Waals surface area contributed by atoms with Gasteiger partial charge in [-0.1, -0.05) is 43.0 Å². The number of aromatic nitrogens is 3. The van der Waals surface area contributed by atoms with E-state index in [1.807, 2.05) is 19.2 Å². The zero-order chi connectivity index (χ0) is 22.5. The highest BCUT2D eigenvalue weighted by molar-refractivity contribution is 7.99. The molecular weight excluding hydrogens is 422 g/mol. The van der Waals surface area contributed by atoms with Gasteiger partial charge in [0.25, 0.3) is 0 Å². The molecule has 2 fully saturated rings. The maximum absolute atomic E-state index is 12.8. The van der Waals surface area contributed by atoms with Crippen LogP contribution in [0.15, 0.2) is 29.4 Å². The van der Waals surface area contributed by atoms with Crippen molar-refractivity contribution in [3.63, 3.8) is 0 Å². The van der Waals surface area contributed by atoms with Crippen molar-refractivity contribution in [3.8, 4) is 0 Å². The zero-order valence-electron chi connectivity index (χ0n) is 19.5. The number of carbonyl (C=O) groups is 1. The smallest absolute Gasteiger partial charge is 0.233 e. The molecule has 2 aromatic rings. The van der Waals surface area contributed by atoms with E-state index in [0.29, 0.717) is 12.3 Å². The van der Waals surface area contributed by atoms with Crippen LogP contribution in [0.1, 0.15) is 43.7 Å². The summed E-state index contributed by atoms with van der Waals surface area (Å²) >= 11 is 1.48. The van der Waals surface area contributed by atoms with Gasteiger partial charge in [-0.25, -0.2) is 0 Å². The third kappa shape index (κ3) is 5.64. The molecule has 0 saturated carbocycles. The number of benzene rings is 1. The fraction of sp³-hybridized carbons (Fsp3) is 0.625. The molecule has 2 aliphatic rings. The van der Waals surface area contributed by atoms with Crippen molar-refractivity contribution in [2.24, 2.45) is 5.92 Å². The van der Waals surface area contributed by atoms with E-state index < -0.39 is 0 Å². The lowest BCUT2D eigenvalue weighted by atomic mass is 10.00. The number of thioether (sulfide) groups is 1. The number of anilines is 1. The van der Waals surface area contributed by atoms with Gasteiger partial charge in [0, 0.05) is 33.3 Å². The van der Waals surface area contributed by atoms with Gasteiger partial charge in [0.1, 0.15) is 0 Å². The minimum absolute atomic E-state index is 0.0956. The molecule has 2 aliphatic heterocycles. The standard InChI is InChI=1S/C24H35N5O2S/c1-18-10-12-28(13-11-18)23-25-26-24(29(23)16-21-9-6-14-31-21)32-17-22(30)27(3)15-20-8-5-4-7-19(20)2/h4-5,7-8,18,21H,6,9-17H2,1-3H3. The molecule has 32 heavy (non-hydrogen) atoms. The minimum Gasteiger partial charge on any atom is -0.376 e. The second-order valence-corrected chi connectivity index (χ2v) is 10.1. The van der Waals surface area contributed by atoms with Gasteiger partial charge in [0.2, 0.25) is 11.9 Å². The van der Waals surface area contributed by atoms with Gasteiger partial charge in [0.05, 0.1) is 18.4 Å². The number of aryl methyl sites for hydroxylation is 1. The summed E-state index contributed by atoms with van der Waals surface area (Å²) in [4.78, 5) is 17.0. The van der Waals surface area contributed by atoms with Gasteiger partial charge in [-0.15, -0.1) is 10.2 Å². The van der Waals surface area contributed by atoms with Crippen molar-refractivity contribution in [3.05, 3.63) is 35.4 Å². The molecule has 3 heterocycles. The Labute approximate surface area is 195 Å². The summed E-state index contributed by atoms with van der Waals surface area (Å²) < 4.78 is 8.09. The van der Waals surface area contributed by atoms with E-state index in [1.54, 1.807) is 4.90 Å². The first-order valence-electron chi connectivity index (χ1n) is 11.7. The molecule has 0 aliphatic carbocycles. The first-order valence-corrected chi connectivity index (χ1v) is 12.7. The SMILES string of the molecule is Cc1ccccc1CN(C)C(=O)CSc1nnc(N2CCC(C)CC2)n1CC1CCCO1. The Kier molecular flexibility index (Phi) is 7.73. The van der Waals surface area contributed by atoms with E-state index in [0.717, 1.165) is 56.1 Å². The van der Waals surface area contributed by atoms with E-state index >= 15 is 0 Å². The lowest BCUT2D eigenvalue weighted by molar-refractivity contribution is -0.127. The van der Waals surface area contributed by atoms with Crippen LogP contribution in [-0.2, 0) is 22.6 Å². The molecule has 8 heteroatoms. The second kappa shape index (κ2) is 10.7. The Hall–Kier alpha value is -2.06. The van der Waals surface area contributed by atoms with Gasteiger partial charge < -0.3 is 14.5 Å². The molecule has 1 amide bonds. The molecule has 2 saturated heterocycles. The summed E-state index contributed by atoms with van der Waals surface area (Å²) in [7, 11) is 1.87. The summed E-state index contributed by atoms with van der Waals surface area (Å²) in [5, 5.41) is 9.85. The molecule has 0 spiro atoms. The van der Waals surface area contributed by atoms with Crippen molar-refractivity contribution in [2.45, 2.75) is 63.9 Å². The molecule has 0 bridgehead atoms. The van der Waals surface area contributed by atoms with E-state index in [4.69, 9.17) is 4.74 Å². The minimum atomic E-state index is 0.0956. The van der Waals surface area contributed by atoms with Gasteiger partial charge in [-0.3, -0.25) is 9.36 Å². The van der Waals surface area contributed by atoms with Gasteiger partial charge in [-0.2, -0.15) is 0 Å². The summed E-state index contributed by atoms with van der Waals surface area (Å²) in [5.41, 5.74) is 2.38. The van der Waals surface area contributed by atoms with Crippen LogP contribution in [-0.4, -0.2) is 64.2 Å². The topological polar surface area (TPSA) is 63.5 Å². The molecule has 0 radical (unpaired) electrons. The van der Waals surface area contributed by atoms with Crippen LogP contribution in [0.2, 0.25) is 0 Å². The first-order chi connectivity index (χ1) is 15.5. The Balaban J connectivity index is 1.42. The van der Waals surface area contributed by atoms with E-state index in [9.17, 15) is 4.79 Å². The molecule has 174 valence electrons. The normalized spacial score (nSPS) is 19.5. The Morgan fingerprint density at radius 3 is 2.72 bits per heavy atom. The van der Waals surface area contributed by atoms with Crippen LogP contribution in [0.25, 0.3) is 0 Å². The number of ether oxygens (including phenoxy) is 1. The average molecular weight is 458 g/mol. The van der Waals surface area contributed by atoms with Crippen LogP contribution in [0, 0.1) is 12.8 Å². The Morgan fingerprint density at radius 2 is 2.00 bits per heavy atom. The Bertz CT molecular complexity index is 904. The predicted molar refractivity (Wildman–Crippen MR) is 128 cm³/mol. The van der Waals surface area contributed by atoms with Crippen LogP contribution in [0.5, 0.6) is 0 Å². The maximum Gasteiger partial charge on any atom is 0.233 e. The molecule has 1 unspecified atom stereocenters. The van der Waals surface area contributed by atoms with E-state index in [2.05, 4.69) is 45.6 Å². The van der Waals surface area contributed by atoms with Crippen LogP contribution >= 0.6 is 11.8 Å². The predicted octanol–water partition coefficient (Wildman–Crippen LogP) is 3.75. The van der Waals surface area contributed by atoms with Gasteiger partial charge in [-0.05, 0) is 49.7 Å². The molecular formula is C24H35N5O2S. The number of carbonyl (C=O) groups excluding carboxylic acids is 1. The lowest BCUT2D eigenvalue weighted by Crippen LogP contribution is -2.35. The third-order valence-corrected chi connectivity index (χ3v) is 7.54. The van der Waals surface area contributed by atoms with E-state index in [1.165, 1.54) is 35.7 Å². The second-order valence-electron chi connectivity index (χ2n) is 9.16. The quantitative estimate of drug-likeness (QED) is 0.563. The van der Waals surface area contributed by atoms with Gasteiger partial charge >= 0.3 is 0 Å². The highest BCUT2D eigenvalue weighted by atomic mass is 32.2. The van der Waals surface area contributed by atoms with Crippen molar-refractivity contribution < 1.29 is 9.53 Å². The molecule has 1 aromatic carbocycles. The van der Waals surface area contributed by atoms with Crippen molar-refractivity contribution in [1.82, 2.24) is 19.7 Å². The monoisotopic (exact) mass is 457 g/mol. The molecule has 0 N–H and O–H groups in total. The highest BCUT2D eigenvalue weighted by Gasteiger charge is 2.26. The number of amides is 1. The average Bonchev–Trinajstić information content (AvgIpc) is 3.45. The van der Waals surface area contributed by atoms with Crippen LogP contribution in [0.3, 0.4) is 0 Å². The van der Waals surface area contributed by atoms with Crippen molar-refractivity contribution in [1.29, 1.82) is 0 Å². The largest absolute Gasteiger partial charge is 0.376 e.